The molecule has 0 aliphatic rings. The van der Waals surface area contributed by atoms with Gasteiger partial charge in [-0.1, -0.05) is 66.7 Å². The first-order valence-electron chi connectivity index (χ1n) is 11.0. The summed E-state index contributed by atoms with van der Waals surface area (Å²) in [5, 5.41) is 10.1. The van der Waals surface area contributed by atoms with Gasteiger partial charge in [0, 0.05) is 23.2 Å². The van der Waals surface area contributed by atoms with Gasteiger partial charge >= 0.3 is 24.0 Å². The van der Waals surface area contributed by atoms with E-state index < -0.39 is 24.0 Å². The van der Waals surface area contributed by atoms with E-state index in [4.69, 9.17) is 21.3 Å². The van der Waals surface area contributed by atoms with Crippen LogP contribution in [0.25, 0.3) is 21.8 Å². The molecule has 0 aliphatic carbocycles. The number of para-hydroxylation sites is 2. The predicted molar refractivity (Wildman–Crippen MR) is 136 cm³/mol. The summed E-state index contributed by atoms with van der Waals surface area (Å²) in [7, 11) is 0. The first-order chi connectivity index (χ1) is 17.8. The van der Waals surface area contributed by atoms with Crippen LogP contribution in [0.3, 0.4) is 0 Å². The summed E-state index contributed by atoms with van der Waals surface area (Å²) in [6, 6.07) is 21.8. The van der Waals surface area contributed by atoms with Crippen molar-refractivity contribution in [2.75, 3.05) is 0 Å². The van der Waals surface area contributed by atoms with Crippen molar-refractivity contribution in [2.24, 2.45) is 11.5 Å². The van der Waals surface area contributed by atoms with Crippen LogP contribution in [0.15, 0.2) is 91.3 Å². The molecule has 0 spiro atoms. The van der Waals surface area contributed by atoms with E-state index in [2.05, 4.69) is 0 Å². The number of primary amides is 2. The average Bonchev–Trinajstić information content (AvgIpc) is 3.48. The molecule has 37 heavy (non-hydrogen) atoms. The van der Waals surface area contributed by atoms with Crippen molar-refractivity contribution in [3.63, 3.8) is 0 Å². The molecular formula is C27H22N4O6. The van der Waals surface area contributed by atoms with Gasteiger partial charge in [0.15, 0.2) is 0 Å². The van der Waals surface area contributed by atoms with E-state index in [-0.39, 0.29) is 12.2 Å². The second-order valence-electron chi connectivity index (χ2n) is 7.90. The number of carboxylic acid groups (broad SMARTS) is 1. The molecule has 5 rings (SSSR count). The average molecular weight is 498 g/mol. The molecule has 2 amide bonds. The first-order valence-corrected chi connectivity index (χ1v) is 11.0. The summed E-state index contributed by atoms with van der Waals surface area (Å²) in [6.45, 7) is 0.176. The molecule has 0 saturated carbocycles. The number of rotatable bonds is 4. The number of ether oxygens (including phenoxy) is 1. The fraction of sp³-hybridized carbons (Fsp3) is 0.0370. The van der Waals surface area contributed by atoms with E-state index in [9.17, 15) is 19.2 Å². The summed E-state index contributed by atoms with van der Waals surface area (Å²) in [5.41, 5.74) is 12.8. The Morgan fingerprint density at radius 1 is 0.676 bits per heavy atom. The van der Waals surface area contributed by atoms with Crippen molar-refractivity contribution in [2.45, 2.75) is 6.61 Å². The van der Waals surface area contributed by atoms with Crippen LogP contribution in [-0.2, 0) is 11.3 Å². The van der Waals surface area contributed by atoms with Gasteiger partial charge in [0.25, 0.3) is 0 Å². The zero-order chi connectivity index (χ0) is 26.5. The van der Waals surface area contributed by atoms with Crippen molar-refractivity contribution < 1.29 is 29.0 Å². The zero-order valence-electron chi connectivity index (χ0n) is 19.4. The van der Waals surface area contributed by atoms with Gasteiger partial charge in [0.1, 0.15) is 6.61 Å². The summed E-state index contributed by atoms with van der Waals surface area (Å²) in [4.78, 5) is 45.7. The molecule has 2 aromatic heterocycles. The van der Waals surface area contributed by atoms with Crippen molar-refractivity contribution in [1.29, 1.82) is 0 Å². The lowest BCUT2D eigenvalue weighted by atomic mass is 10.2. The van der Waals surface area contributed by atoms with Crippen molar-refractivity contribution in [1.82, 2.24) is 9.13 Å². The highest BCUT2D eigenvalue weighted by atomic mass is 16.5. The number of esters is 1. The fourth-order valence-electron chi connectivity index (χ4n) is 3.86. The standard InChI is InChI=1S/C17H14N2O3.C10H8N2O3/c18-17(21)19-10-14(13-8-4-5-9-15(13)19)16(20)22-11-12-6-2-1-3-7-12;11-10(15)12-5-7(9(13)14)6-3-1-2-4-8(6)12/h1-10H,11H2,(H2,18,21);1-5H,(H2,11,15)(H,13,14). The zero-order valence-corrected chi connectivity index (χ0v) is 19.4. The maximum absolute atomic E-state index is 12.3. The van der Waals surface area contributed by atoms with E-state index in [1.807, 2.05) is 30.3 Å². The highest BCUT2D eigenvalue weighted by molar-refractivity contribution is 6.07. The van der Waals surface area contributed by atoms with E-state index in [1.54, 1.807) is 48.5 Å². The fourth-order valence-corrected chi connectivity index (χ4v) is 3.86. The third kappa shape index (κ3) is 5.17. The van der Waals surface area contributed by atoms with Gasteiger partial charge in [-0.05, 0) is 17.7 Å². The molecule has 10 nitrogen and oxygen atoms in total. The van der Waals surface area contributed by atoms with Gasteiger partial charge in [-0.15, -0.1) is 0 Å². The van der Waals surface area contributed by atoms with Crippen LogP contribution in [0.1, 0.15) is 26.3 Å². The number of nitrogens with zero attached hydrogens (tertiary/aromatic N) is 2. The Bertz CT molecular complexity index is 1590. The molecule has 0 unspecified atom stereocenters. The Kier molecular flexibility index (Phi) is 7.01. The molecule has 10 heteroatoms. The molecule has 3 aromatic carbocycles. The first kappa shape index (κ1) is 24.7. The minimum absolute atomic E-state index is 0.0735. The monoisotopic (exact) mass is 498 g/mol. The lowest BCUT2D eigenvalue weighted by Gasteiger charge is -2.03. The van der Waals surface area contributed by atoms with Crippen LogP contribution in [0.2, 0.25) is 0 Å². The number of nitrogens with two attached hydrogens (primary N) is 2. The third-order valence-electron chi connectivity index (χ3n) is 5.56. The molecular weight excluding hydrogens is 476 g/mol. The number of carbonyl (C=O) groups excluding carboxylic acids is 3. The van der Waals surface area contributed by atoms with E-state index in [0.29, 0.717) is 27.4 Å². The van der Waals surface area contributed by atoms with Gasteiger partial charge in [-0.3, -0.25) is 9.13 Å². The number of aromatic nitrogens is 2. The van der Waals surface area contributed by atoms with E-state index >= 15 is 0 Å². The minimum atomic E-state index is -1.08. The van der Waals surface area contributed by atoms with Crippen LogP contribution < -0.4 is 11.5 Å². The largest absolute Gasteiger partial charge is 0.478 e. The summed E-state index contributed by atoms with van der Waals surface area (Å²) < 4.78 is 7.68. The van der Waals surface area contributed by atoms with Crippen LogP contribution in [0, 0.1) is 0 Å². The molecule has 0 atom stereocenters. The second kappa shape index (κ2) is 10.5. The number of hydrogen-bond acceptors (Lipinski definition) is 5. The Hall–Kier alpha value is -5.38. The number of carbonyl (C=O) groups is 4. The second-order valence-corrected chi connectivity index (χ2v) is 7.90. The molecule has 0 radical (unpaired) electrons. The van der Waals surface area contributed by atoms with Gasteiger partial charge in [0.05, 0.1) is 22.2 Å². The normalized spacial score (nSPS) is 10.5. The number of hydrogen-bond donors (Lipinski definition) is 3. The van der Waals surface area contributed by atoms with Crippen molar-refractivity contribution in [3.05, 3.63) is 108 Å². The van der Waals surface area contributed by atoms with E-state index in [0.717, 1.165) is 10.1 Å². The predicted octanol–water partition coefficient (Wildman–Crippen LogP) is 4.19. The molecule has 5 aromatic rings. The molecule has 2 heterocycles. The smallest absolute Gasteiger partial charge is 0.340 e. The SMILES string of the molecule is NC(=O)n1cc(C(=O)O)c2ccccc21.NC(=O)n1cc(C(=O)OCc2ccccc2)c2ccccc21. The van der Waals surface area contributed by atoms with Gasteiger partial charge < -0.3 is 21.3 Å². The third-order valence-corrected chi connectivity index (χ3v) is 5.56. The molecule has 5 N–H and O–H groups in total. The number of fused-ring (bicyclic) bond motifs is 2. The number of amides is 2. The van der Waals surface area contributed by atoms with Crippen LogP contribution >= 0.6 is 0 Å². The summed E-state index contributed by atoms with van der Waals surface area (Å²) in [5.74, 6) is -1.56. The Morgan fingerprint density at radius 2 is 1.14 bits per heavy atom. The lowest BCUT2D eigenvalue weighted by Crippen LogP contribution is -2.18. The Labute approximate surface area is 210 Å². The van der Waals surface area contributed by atoms with E-state index in [1.165, 1.54) is 17.0 Å². The highest BCUT2D eigenvalue weighted by Crippen LogP contribution is 2.22. The summed E-state index contributed by atoms with van der Waals surface area (Å²) >= 11 is 0. The molecule has 0 fully saturated rings. The highest BCUT2D eigenvalue weighted by Gasteiger charge is 2.18. The van der Waals surface area contributed by atoms with Gasteiger partial charge in [-0.25, -0.2) is 19.2 Å². The quantitative estimate of drug-likeness (QED) is 0.315. The molecule has 0 saturated heterocycles. The maximum atomic E-state index is 12.3. The van der Waals surface area contributed by atoms with Crippen molar-refractivity contribution >= 4 is 45.8 Å². The summed E-state index contributed by atoms with van der Waals surface area (Å²) in [6.07, 6.45) is 2.65. The number of benzene rings is 3. The van der Waals surface area contributed by atoms with Crippen molar-refractivity contribution in [3.8, 4) is 0 Å². The number of carboxylic acids is 1. The van der Waals surface area contributed by atoms with Crippen LogP contribution in [-0.4, -0.2) is 38.2 Å². The number of aromatic carboxylic acids is 1. The minimum Gasteiger partial charge on any atom is -0.478 e. The van der Waals surface area contributed by atoms with Gasteiger partial charge in [0.2, 0.25) is 0 Å². The van der Waals surface area contributed by atoms with Crippen LogP contribution in [0.5, 0.6) is 0 Å². The Balaban J connectivity index is 0.000000186. The molecule has 0 bridgehead atoms. The topological polar surface area (TPSA) is 160 Å². The molecule has 186 valence electrons. The Morgan fingerprint density at radius 3 is 1.65 bits per heavy atom. The maximum Gasteiger partial charge on any atom is 0.340 e. The lowest BCUT2D eigenvalue weighted by molar-refractivity contribution is 0.0474. The van der Waals surface area contributed by atoms with Crippen LogP contribution in [0.4, 0.5) is 9.59 Å². The van der Waals surface area contributed by atoms with Gasteiger partial charge in [-0.2, -0.15) is 0 Å². The molecule has 0 aliphatic heterocycles.